The van der Waals surface area contributed by atoms with Crippen molar-refractivity contribution in [2.75, 3.05) is 30.8 Å². The summed E-state index contributed by atoms with van der Waals surface area (Å²) in [7, 11) is -4.02. The van der Waals surface area contributed by atoms with Crippen LogP contribution in [-0.4, -0.2) is 86.2 Å². The fourth-order valence-corrected chi connectivity index (χ4v) is 5.64. The lowest BCUT2D eigenvalue weighted by molar-refractivity contribution is -0.135. The van der Waals surface area contributed by atoms with Gasteiger partial charge in [-0.2, -0.15) is 18.5 Å². The Morgan fingerprint density at radius 2 is 1.97 bits per heavy atom. The Bertz CT molecular complexity index is 1390. The number of nitrogens with zero attached hydrogens (tertiary/aromatic N) is 5. The van der Waals surface area contributed by atoms with Gasteiger partial charge in [-0.3, -0.25) is 9.35 Å². The summed E-state index contributed by atoms with van der Waals surface area (Å²) in [4.78, 5) is 23.6. The van der Waals surface area contributed by atoms with Crippen LogP contribution in [0.1, 0.15) is 38.5 Å². The summed E-state index contributed by atoms with van der Waals surface area (Å²) in [5.41, 5.74) is 0.771. The summed E-state index contributed by atoms with van der Waals surface area (Å²) < 4.78 is 38.1. The number of rotatable bonds is 9. The fraction of sp³-hybridized carbons (Fsp3) is 0.520. The van der Waals surface area contributed by atoms with Crippen LogP contribution in [0.25, 0.3) is 16.7 Å². The molecule has 3 N–H and O–H groups in total. The van der Waals surface area contributed by atoms with Crippen molar-refractivity contribution in [1.29, 1.82) is 0 Å². The predicted molar refractivity (Wildman–Crippen MR) is 140 cm³/mol. The Balaban J connectivity index is 1.21. The summed E-state index contributed by atoms with van der Waals surface area (Å²) >= 11 is 0. The number of aliphatic hydroxyl groups excluding tert-OH is 1. The van der Waals surface area contributed by atoms with E-state index in [4.69, 9.17) is 9.29 Å². The van der Waals surface area contributed by atoms with Gasteiger partial charge in [-0.15, -0.1) is 0 Å². The van der Waals surface area contributed by atoms with Crippen LogP contribution in [0, 0.1) is 5.92 Å². The smallest absolute Gasteiger partial charge is 0.264 e. The van der Waals surface area contributed by atoms with Crippen molar-refractivity contribution in [3.63, 3.8) is 0 Å². The van der Waals surface area contributed by atoms with E-state index in [1.807, 2.05) is 12.1 Å². The quantitative estimate of drug-likeness (QED) is 0.269. The van der Waals surface area contributed by atoms with Gasteiger partial charge in [0.1, 0.15) is 5.75 Å². The Labute approximate surface area is 220 Å². The number of carbonyl (C=O) groups excluding carboxylic acids is 1. The van der Waals surface area contributed by atoms with Gasteiger partial charge >= 0.3 is 0 Å². The molecule has 12 nitrogen and oxygen atoms in total. The standard InChI is InChI=1S/C25H32N6O6S/c32-19-10-12-30(16-19)24(33)17-5-7-18(8-6-17)28-25-26-11-9-23(29-25)31-21-3-1-4-22(20(21)15-27-31)37-13-2-14-38(34,35)36/h1,3-4,9,11,15,17-19,32H,2,5-8,10,12-14,16H2,(H,26,28,29)(H,34,35,36). The molecule has 1 saturated carbocycles. The molecular weight excluding hydrogens is 512 g/mol. The molecule has 3 aromatic rings. The number of carbonyl (C=O) groups is 1. The second-order valence-corrected chi connectivity index (χ2v) is 11.5. The number of hydrogen-bond acceptors (Lipinski definition) is 9. The number of anilines is 1. The minimum atomic E-state index is -4.02. The molecule has 2 aliphatic rings. The second-order valence-electron chi connectivity index (χ2n) is 9.89. The van der Waals surface area contributed by atoms with E-state index in [0.717, 1.165) is 36.6 Å². The zero-order valence-corrected chi connectivity index (χ0v) is 21.8. The van der Waals surface area contributed by atoms with Crippen LogP contribution in [-0.2, 0) is 14.9 Å². The Hall–Kier alpha value is -3.29. The third kappa shape index (κ3) is 6.22. The number of nitrogens with one attached hydrogen (secondary N) is 1. The number of aromatic nitrogens is 4. The molecule has 0 bridgehead atoms. The molecule has 204 valence electrons. The first-order valence-corrected chi connectivity index (χ1v) is 14.5. The van der Waals surface area contributed by atoms with Gasteiger partial charge < -0.3 is 20.1 Å². The Morgan fingerprint density at radius 3 is 2.71 bits per heavy atom. The fourth-order valence-electron chi connectivity index (χ4n) is 5.16. The minimum absolute atomic E-state index is 0.00509. The number of benzene rings is 1. The highest BCUT2D eigenvalue weighted by atomic mass is 32.2. The first-order chi connectivity index (χ1) is 18.3. The van der Waals surface area contributed by atoms with Crippen LogP contribution in [0.4, 0.5) is 5.95 Å². The van der Waals surface area contributed by atoms with E-state index in [2.05, 4.69) is 20.4 Å². The van der Waals surface area contributed by atoms with Crippen molar-refractivity contribution in [3.8, 4) is 11.6 Å². The number of ether oxygens (including phenoxy) is 1. The van der Waals surface area contributed by atoms with Gasteiger partial charge in [-0.05, 0) is 50.7 Å². The molecule has 1 saturated heterocycles. The maximum Gasteiger partial charge on any atom is 0.264 e. The van der Waals surface area contributed by atoms with E-state index in [9.17, 15) is 18.3 Å². The van der Waals surface area contributed by atoms with Gasteiger partial charge in [0.05, 0.1) is 35.6 Å². The highest BCUT2D eigenvalue weighted by molar-refractivity contribution is 7.85. The molecule has 0 spiro atoms. The molecule has 1 unspecified atom stereocenters. The van der Waals surface area contributed by atoms with Gasteiger partial charge in [0.25, 0.3) is 10.1 Å². The lowest BCUT2D eigenvalue weighted by atomic mass is 9.85. The summed E-state index contributed by atoms with van der Waals surface area (Å²) in [6.07, 6.45) is 7.02. The van der Waals surface area contributed by atoms with Crippen LogP contribution in [0.3, 0.4) is 0 Å². The van der Waals surface area contributed by atoms with Crippen LogP contribution in [0.2, 0.25) is 0 Å². The van der Waals surface area contributed by atoms with Crippen molar-refractivity contribution in [3.05, 3.63) is 36.7 Å². The average molecular weight is 545 g/mol. The van der Waals surface area contributed by atoms with Gasteiger partial charge in [0.15, 0.2) is 5.82 Å². The van der Waals surface area contributed by atoms with Crippen LogP contribution < -0.4 is 10.1 Å². The molecule has 1 aliphatic heterocycles. The number of β-amino-alcohol motifs (C(OH)–C–C–N with tert-alkyl or cyclic N) is 1. The number of hydrogen-bond donors (Lipinski definition) is 3. The topological polar surface area (TPSA) is 160 Å². The first-order valence-electron chi connectivity index (χ1n) is 12.9. The number of aliphatic hydroxyl groups is 1. The summed E-state index contributed by atoms with van der Waals surface area (Å²) in [6, 6.07) is 7.41. The summed E-state index contributed by atoms with van der Waals surface area (Å²) in [5.74, 6) is 1.43. The SMILES string of the molecule is O=C(C1CCC(Nc2nccc(-n3ncc4c(OCCCS(=O)(=O)O)cccc43)n2)CC1)N1CCC(O)C1. The van der Waals surface area contributed by atoms with Crippen molar-refractivity contribution in [2.45, 2.75) is 50.7 Å². The number of likely N-dealkylation sites (tertiary alicyclic amines) is 1. The average Bonchev–Trinajstić information content (AvgIpc) is 3.53. The summed E-state index contributed by atoms with van der Waals surface area (Å²) in [6.45, 7) is 1.23. The molecular formula is C25H32N6O6S. The van der Waals surface area contributed by atoms with Crippen molar-refractivity contribution in [1.82, 2.24) is 24.6 Å². The van der Waals surface area contributed by atoms with Gasteiger partial charge in [-0.1, -0.05) is 6.07 Å². The van der Waals surface area contributed by atoms with E-state index in [1.54, 1.807) is 34.1 Å². The van der Waals surface area contributed by atoms with Crippen molar-refractivity contribution in [2.24, 2.45) is 5.92 Å². The monoisotopic (exact) mass is 544 g/mol. The zero-order chi connectivity index (χ0) is 26.7. The third-order valence-electron chi connectivity index (χ3n) is 7.12. The van der Waals surface area contributed by atoms with Crippen LogP contribution in [0.5, 0.6) is 5.75 Å². The second kappa shape index (κ2) is 11.2. The Kier molecular flexibility index (Phi) is 7.77. The molecule has 1 aromatic carbocycles. The molecule has 1 aliphatic carbocycles. The molecule has 38 heavy (non-hydrogen) atoms. The summed E-state index contributed by atoms with van der Waals surface area (Å²) in [5, 5.41) is 18.4. The van der Waals surface area contributed by atoms with Gasteiger partial charge in [-0.25, -0.2) is 9.67 Å². The molecule has 2 fully saturated rings. The van der Waals surface area contributed by atoms with Crippen molar-refractivity contribution < 1.29 is 27.6 Å². The highest BCUT2D eigenvalue weighted by Crippen LogP contribution is 2.30. The minimum Gasteiger partial charge on any atom is -0.493 e. The number of amides is 1. The third-order valence-corrected chi connectivity index (χ3v) is 7.92. The van der Waals surface area contributed by atoms with Gasteiger partial charge in [0.2, 0.25) is 11.9 Å². The van der Waals surface area contributed by atoms with E-state index in [0.29, 0.717) is 37.0 Å². The molecule has 0 radical (unpaired) electrons. The van der Waals surface area contributed by atoms with Crippen LogP contribution in [0.15, 0.2) is 36.7 Å². The van der Waals surface area contributed by atoms with Crippen molar-refractivity contribution >= 4 is 32.9 Å². The Morgan fingerprint density at radius 1 is 1.16 bits per heavy atom. The maximum atomic E-state index is 12.7. The van der Waals surface area contributed by atoms with E-state index >= 15 is 0 Å². The molecule has 5 rings (SSSR count). The molecule has 3 heterocycles. The largest absolute Gasteiger partial charge is 0.493 e. The first kappa shape index (κ1) is 26.3. The molecule has 2 aromatic heterocycles. The highest BCUT2D eigenvalue weighted by Gasteiger charge is 2.33. The van der Waals surface area contributed by atoms with Gasteiger partial charge in [0, 0.05) is 37.3 Å². The van der Waals surface area contributed by atoms with Crippen LogP contribution >= 0.6 is 0 Å². The van der Waals surface area contributed by atoms with E-state index in [-0.39, 0.29) is 36.6 Å². The maximum absolute atomic E-state index is 12.7. The number of fused-ring (bicyclic) bond motifs is 1. The lowest BCUT2D eigenvalue weighted by Gasteiger charge is -2.30. The lowest BCUT2D eigenvalue weighted by Crippen LogP contribution is -2.38. The zero-order valence-electron chi connectivity index (χ0n) is 20.9. The van der Waals surface area contributed by atoms with E-state index < -0.39 is 16.2 Å². The van der Waals surface area contributed by atoms with E-state index in [1.165, 1.54) is 0 Å². The normalized spacial score (nSPS) is 22.1. The molecule has 13 heteroatoms. The molecule has 1 amide bonds. The molecule has 1 atom stereocenters. The predicted octanol–water partition coefficient (Wildman–Crippen LogP) is 2.04.